The average molecular weight is 251 g/mol. The molecule has 0 amide bonds. The largest absolute Gasteiger partial charge is 0.392 e. The first kappa shape index (κ1) is 15.9. The highest BCUT2D eigenvalue weighted by Gasteiger charge is 1.99. The molecule has 1 rings (SSSR count). The maximum atomic E-state index is 7.78. The second kappa shape index (κ2) is 10.1. The molecule has 0 aliphatic rings. The van der Waals surface area contributed by atoms with E-state index in [2.05, 4.69) is 32.6 Å². The summed E-state index contributed by atoms with van der Waals surface area (Å²) < 4.78 is 0. The second-order valence-electron chi connectivity index (χ2n) is 3.45. The molecular weight excluding hydrogens is 230 g/mol. The van der Waals surface area contributed by atoms with Gasteiger partial charge in [-0.15, -0.1) is 6.58 Å². The number of aliphatic hydroxyl groups is 1. The van der Waals surface area contributed by atoms with Gasteiger partial charge in [0.15, 0.2) is 0 Å². The Morgan fingerprint density at radius 1 is 1.41 bits per heavy atom. The van der Waals surface area contributed by atoms with Crippen LogP contribution in [0.15, 0.2) is 36.9 Å². The van der Waals surface area contributed by atoms with Gasteiger partial charge in [-0.1, -0.05) is 42.8 Å². The number of aryl methyl sites for hydroxylation is 1. The minimum absolute atomic E-state index is 0.0833. The maximum absolute atomic E-state index is 7.78. The molecule has 0 spiro atoms. The molecule has 2 nitrogen and oxygen atoms in total. The van der Waals surface area contributed by atoms with Crippen molar-refractivity contribution in [1.82, 2.24) is 0 Å². The molecule has 0 fully saturated rings. The van der Waals surface area contributed by atoms with Crippen molar-refractivity contribution in [1.29, 1.82) is 5.41 Å². The van der Waals surface area contributed by atoms with Gasteiger partial charge in [0.2, 0.25) is 0 Å². The summed E-state index contributed by atoms with van der Waals surface area (Å²) in [4.78, 5) is 0. The molecule has 1 aromatic carbocycles. The molecule has 0 unspecified atom stereocenters. The van der Waals surface area contributed by atoms with Gasteiger partial charge in [0.1, 0.15) is 0 Å². The standard InChI is InChI=1S/C11H15NS.C3H6O/c1-3-13-8-11(12)10-6-4-9(2)5-7-10;1-2-3-4/h4-7,12H,3,8H2,1-2H3;2,4H,1,3H2. The van der Waals surface area contributed by atoms with Gasteiger partial charge in [-0.3, -0.25) is 0 Å². The van der Waals surface area contributed by atoms with Gasteiger partial charge in [-0.2, -0.15) is 11.8 Å². The number of nitrogens with one attached hydrogen (secondary N) is 1. The number of hydrogen-bond donors (Lipinski definition) is 2. The van der Waals surface area contributed by atoms with Crippen LogP contribution >= 0.6 is 11.8 Å². The third kappa shape index (κ3) is 7.77. The van der Waals surface area contributed by atoms with Crippen LogP contribution in [0.4, 0.5) is 0 Å². The molecule has 0 heterocycles. The van der Waals surface area contributed by atoms with Crippen molar-refractivity contribution in [2.75, 3.05) is 18.1 Å². The summed E-state index contributed by atoms with van der Waals surface area (Å²) in [7, 11) is 0. The Morgan fingerprint density at radius 2 is 1.94 bits per heavy atom. The van der Waals surface area contributed by atoms with Crippen LogP contribution in [0, 0.1) is 12.3 Å². The van der Waals surface area contributed by atoms with Crippen LogP contribution in [0.2, 0.25) is 0 Å². The van der Waals surface area contributed by atoms with Gasteiger partial charge in [0.05, 0.1) is 6.61 Å². The first-order valence-electron chi connectivity index (χ1n) is 5.59. The van der Waals surface area contributed by atoms with E-state index in [4.69, 9.17) is 10.5 Å². The topological polar surface area (TPSA) is 44.1 Å². The highest BCUT2D eigenvalue weighted by atomic mass is 32.2. The minimum atomic E-state index is 0.0833. The fourth-order valence-corrected chi connectivity index (χ4v) is 1.62. The van der Waals surface area contributed by atoms with Gasteiger partial charge >= 0.3 is 0 Å². The van der Waals surface area contributed by atoms with E-state index in [1.54, 1.807) is 11.8 Å². The Bertz CT molecular complexity index is 333. The van der Waals surface area contributed by atoms with Crippen LogP contribution in [0.3, 0.4) is 0 Å². The van der Waals surface area contributed by atoms with Crippen LogP contribution in [0.1, 0.15) is 18.1 Å². The highest BCUT2D eigenvalue weighted by molar-refractivity contribution is 7.99. The third-order valence-corrected chi connectivity index (χ3v) is 2.88. The summed E-state index contributed by atoms with van der Waals surface area (Å²) in [5.41, 5.74) is 3.03. The van der Waals surface area contributed by atoms with Crippen LogP contribution in [-0.4, -0.2) is 28.9 Å². The van der Waals surface area contributed by atoms with Gasteiger partial charge in [0.25, 0.3) is 0 Å². The van der Waals surface area contributed by atoms with E-state index in [-0.39, 0.29) is 6.61 Å². The lowest BCUT2D eigenvalue weighted by Gasteiger charge is -2.02. The summed E-state index contributed by atoms with van der Waals surface area (Å²) in [6.45, 7) is 7.49. The molecule has 0 bridgehead atoms. The molecule has 0 saturated carbocycles. The van der Waals surface area contributed by atoms with E-state index >= 15 is 0 Å². The van der Waals surface area contributed by atoms with Gasteiger partial charge < -0.3 is 10.5 Å². The van der Waals surface area contributed by atoms with E-state index in [1.807, 2.05) is 12.1 Å². The van der Waals surface area contributed by atoms with Crippen molar-refractivity contribution in [3.05, 3.63) is 48.0 Å². The lowest BCUT2D eigenvalue weighted by molar-refractivity contribution is 0.343. The number of rotatable bonds is 5. The first-order chi connectivity index (χ1) is 8.15. The van der Waals surface area contributed by atoms with Crippen LogP contribution in [0.25, 0.3) is 0 Å². The van der Waals surface area contributed by atoms with Gasteiger partial charge in [-0.25, -0.2) is 0 Å². The van der Waals surface area contributed by atoms with Crippen molar-refractivity contribution in [3.8, 4) is 0 Å². The molecule has 2 N–H and O–H groups in total. The summed E-state index contributed by atoms with van der Waals surface area (Å²) in [6.07, 6.45) is 1.43. The molecule has 0 aliphatic carbocycles. The van der Waals surface area contributed by atoms with Crippen molar-refractivity contribution < 1.29 is 5.11 Å². The number of thioether (sulfide) groups is 1. The van der Waals surface area contributed by atoms with Crippen molar-refractivity contribution in [2.24, 2.45) is 0 Å². The van der Waals surface area contributed by atoms with E-state index in [0.717, 1.165) is 22.8 Å². The lowest BCUT2D eigenvalue weighted by Crippen LogP contribution is -2.02. The van der Waals surface area contributed by atoms with E-state index in [0.29, 0.717) is 0 Å². The summed E-state index contributed by atoms with van der Waals surface area (Å²) in [6, 6.07) is 8.16. The Hall–Kier alpha value is -1.06. The minimum Gasteiger partial charge on any atom is -0.392 e. The molecule has 0 aliphatic heterocycles. The van der Waals surface area contributed by atoms with Crippen molar-refractivity contribution >= 4 is 17.5 Å². The molecule has 0 radical (unpaired) electrons. The van der Waals surface area contributed by atoms with Crippen molar-refractivity contribution in [3.63, 3.8) is 0 Å². The Labute approximate surface area is 108 Å². The highest BCUT2D eigenvalue weighted by Crippen LogP contribution is 2.08. The van der Waals surface area contributed by atoms with Gasteiger partial charge in [-0.05, 0) is 18.2 Å². The third-order valence-electron chi connectivity index (χ3n) is 1.98. The molecule has 94 valence electrons. The SMILES string of the molecule is C=CCO.CCSCC(=N)c1ccc(C)cc1. The summed E-state index contributed by atoms with van der Waals surface area (Å²) in [5.74, 6) is 1.90. The van der Waals surface area contributed by atoms with E-state index in [1.165, 1.54) is 11.6 Å². The molecular formula is C14H21NOS. The fourth-order valence-electron chi connectivity index (χ4n) is 1.04. The van der Waals surface area contributed by atoms with Crippen LogP contribution in [0.5, 0.6) is 0 Å². The number of aliphatic hydroxyl groups excluding tert-OH is 1. The Balaban J connectivity index is 0.000000557. The fraction of sp³-hybridized carbons (Fsp3) is 0.357. The first-order valence-corrected chi connectivity index (χ1v) is 6.75. The summed E-state index contributed by atoms with van der Waals surface area (Å²) >= 11 is 1.79. The molecule has 17 heavy (non-hydrogen) atoms. The predicted molar refractivity (Wildman–Crippen MR) is 78.3 cm³/mol. The smallest absolute Gasteiger partial charge is 0.0609 e. The molecule has 0 aromatic heterocycles. The molecule has 0 atom stereocenters. The van der Waals surface area contributed by atoms with Crippen LogP contribution < -0.4 is 0 Å². The normalized spacial score (nSPS) is 9.12. The second-order valence-corrected chi connectivity index (χ2v) is 4.73. The zero-order valence-electron chi connectivity index (χ0n) is 10.6. The Kier molecular flexibility index (Phi) is 9.49. The van der Waals surface area contributed by atoms with E-state index in [9.17, 15) is 0 Å². The van der Waals surface area contributed by atoms with Crippen molar-refractivity contribution in [2.45, 2.75) is 13.8 Å². The predicted octanol–water partition coefficient (Wildman–Crippen LogP) is 3.28. The molecule has 3 heteroatoms. The molecule has 0 saturated heterocycles. The average Bonchev–Trinajstić information content (AvgIpc) is 2.37. The van der Waals surface area contributed by atoms with E-state index < -0.39 is 0 Å². The monoisotopic (exact) mass is 251 g/mol. The zero-order chi connectivity index (χ0) is 13.1. The number of hydrogen-bond acceptors (Lipinski definition) is 3. The summed E-state index contributed by atoms with van der Waals surface area (Å²) in [5, 5.41) is 15.5. The maximum Gasteiger partial charge on any atom is 0.0609 e. The zero-order valence-corrected chi connectivity index (χ0v) is 11.4. The number of benzene rings is 1. The van der Waals surface area contributed by atoms with Gasteiger partial charge in [0, 0.05) is 11.5 Å². The van der Waals surface area contributed by atoms with Crippen LogP contribution in [-0.2, 0) is 0 Å². The Morgan fingerprint density at radius 3 is 2.35 bits per heavy atom. The molecule has 1 aromatic rings. The lowest BCUT2D eigenvalue weighted by atomic mass is 10.1. The quantitative estimate of drug-likeness (QED) is 0.623.